The first-order chi connectivity index (χ1) is 19.8. The number of amides is 3. The minimum atomic E-state index is -4.75. The van der Waals surface area contributed by atoms with E-state index in [0.29, 0.717) is 39.1 Å². The molecular formula is C32H43F3N4O3. The van der Waals surface area contributed by atoms with Gasteiger partial charge in [-0.3, -0.25) is 9.69 Å². The molecule has 2 heterocycles. The molecule has 2 saturated heterocycles. The molecule has 7 nitrogen and oxygen atoms in total. The highest BCUT2D eigenvalue weighted by atomic mass is 19.4. The summed E-state index contributed by atoms with van der Waals surface area (Å²) < 4.78 is 42.6. The van der Waals surface area contributed by atoms with Gasteiger partial charge in [-0.1, -0.05) is 64.1 Å². The summed E-state index contributed by atoms with van der Waals surface area (Å²) in [7, 11) is 0. The van der Waals surface area contributed by atoms with Gasteiger partial charge in [-0.25, -0.2) is 4.79 Å². The molecule has 2 fully saturated rings. The van der Waals surface area contributed by atoms with Crippen LogP contribution in [0.3, 0.4) is 0 Å². The Bertz CT molecular complexity index is 1220. The van der Waals surface area contributed by atoms with Crippen molar-refractivity contribution in [2.24, 2.45) is 17.1 Å². The Balaban J connectivity index is 1.58. The van der Waals surface area contributed by atoms with Gasteiger partial charge in [-0.05, 0) is 59.4 Å². The van der Waals surface area contributed by atoms with E-state index in [9.17, 15) is 22.8 Å². The van der Waals surface area contributed by atoms with Crippen LogP contribution in [0.5, 0.6) is 5.75 Å². The van der Waals surface area contributed by atoms with Crippen LogP contribution >= 0.6 is 0 Å². The monoisotopic (exact) mass is 588 g/mol. The summed E-state index contributed by atoms with van der Waals surface area (Å²) in [6.07, 6.45) is -1.96. The molecule has 4 rings (SSSR count). The lowest BCUT2D eigenvalue weighted by Gasteiger charge is -2.50. The number of piperidine rings is 1. The Morgan fingerprint density at radius 1 is 0.976 bits per heavy atom. The Morgan fingerprint density at radius 3 is 2.19 bits per heavy atom. The molecule has 2 N–H and O–H groups in total. The fourth-order valence-electron chi connectivity index (χ4n) is 6.36. The van der Waals surface area contributed by atoms with Crippen molar-refractivity contribution in [3.8, 4) is 5.75 Å². The zero-order chi connectivity index (χ0) is 30.7. The van der Waals surface area contributed by atoms with E-state index in [1.165, 1.54) is 17.7 Å². The average Bonchev–Trinajstić information content (AvgIpc) is 2.93. The van der Waals surface area contributed by atoms with Gasteiger partial charge in [-0.2, -0.15) is 0 Å². The van der Waals surface area contributed by atoms with E-state index >= 15 is 0 Å². The first-order valence-electron chi connectivity index (χ1n) is 14.8. The van der Waals surface area contributed by atoms with E-state index in [0.717, 1.165) is 30.4 Å². The summed E-state index contributed by atoms with van der Waals surface area (Å²) in [6, 6.07) is 13.7. The summed E-state index contributed by atoms with van der Waals surface area (Å²) >= 11 is 0. The van der Waals surface area contributed by atoms with Gasteiger partial charge in [0.15, 0.2) is 0 Å². The number of piperazine rings is 1. The minimum absolute atomic E-state index is 0.0615. The molecule has 230 valence electrons. The highest BCUT2D eigenvalue weighted by Crippen LogP contribution is 2.38. The van der Waals surface area contributed by atoms with Gasteiger partial charge in [0.05, 0.1) is 6.04 Å². The Morgan fingerprint density at radius 2 is 1.62 bits per heavy atom. The molecule has 0 saturated carbocycles. The van der Waals surface area contributed by atoms with Crippen LogP contribution in [0.2, 0.25) is 0 Å². The molecule has 1 unspecified atom stereocenters. The number of carbonyl (C=O) groups is 2. The predicted octanol–water partition coefficient (Wildman–Crippen LogP) is 5.98. The van der Waals surface area contributed by atoms with Gasteiger partial charge >= 0.3 is 12.4 Å². The standard InChI is InChI=1S/C32H43F3N4O3/c1-5-23-8-6-7-9-26(23)29(24-10-12-25(13-11-24)42-32(33,34)35)38-18-19-39(27(21-38)31(2,3)4)28(40)20-22-14-16-37(17-15-22)30(36)41/h6-13,22,27,29H,5,14-21H2,1-4H3,(H2,36,41)/t27-,29?/m1/s1. The van der Waals surface area contributed by atoms with Crippen LogP contribution in [-0.2, 0) is 11.2 Å². The van der Waals surface area contributed by atoms with Crippen molar-refractivity contribution in [1.29, 1.82) is 0 Å². The predicted molar refractivity (Wildman–Crippen MR) is 156 cm³/mol. The second-order valence-corrected chi connectivity index (χ2v) is 12.5. The zero-order valence-corrected chi connectivity index (χ0v) is 25.0. The summed E-state index contributed by atoms with van der Waals surface area (Å²) in [5, 5.41) is 0. The topological polar surface area (TPSA) is 79.1 Å². The van der Waals surface area contributed by atoms with Crippen LogP contribution in [0, 0.1) is 11.3 Å². The summed E-state index contributed by atoms with van der Waals surface area (Å²) in [5.41, 5.74) is 8.37. The van der Waals surface area contributed by atoms with Gasteiger partial charge in [0.1, 0.15) is 5.75 Å². The SMILES string of the molecule is CCc1ccccc1C(c1ccc(OC(F)(F)F)cc1)N1CCN(C(=O)CC2CCN(C(N)=O)CC2)[C@@H](C(C)(C)C)C1. The lowest BCUT2D eigenvalue weighted by molar-refractivity contribution is -0.274. The van der Waals surface area contributed by atoms with Crippen LogP contribution in [0.15, 0.2) is 48.5 Å². The second-order valence-electron chi connectivity index (χ2n) is 12.5. The molecule has 0 radical (unpaired) electrons. The molecule has 0 aliphatic carbocycles. The van der Waals surface area contributed by atoms with E-state index in [1.807, 2.05) is 17.0 Å². The highest BCUT2D eigenvalue weighted by Gasteiger charge is 2.41. The average molecular weight is 589 g/mol. The van der Waals surface area contributed by atoms with E-state index in [2.05, 4.69) is 49.5 Å². The summed E-state index contributed by atoms with van der Waals surface area (Å²) in [4.78, 5) is 31.2. The maximum Gasteiger partial charge on any atom is 0.573 e. The molecule has 2 aliphatic heterocycles. The number of nitrogens with two attached hydrogens (primary N) is 1. The number of hydrogen-bond acceptors (Lipinski definition) is 4. The molecule has 2 atom stereocenters. The van der Waals surface area contributed by atoms with Crippen molar-refractivity contribution in [2.45, 2.75) is 71.8 Å². The molecule has 0 aromatic heterocycles. The number of benzene rings is 2. The van der Waals surface area contributed by atoms with E-state index < -0.39 is 12.4 Å². The number of primary amides is 1. The molecule has 3 amide bonds. The van der Waals surface area contributed by atoms with Gasteiger partial charge < -0.3 is 20.3 Å². The van der Waals surface area contributed by atoms with Crippen LogP contribution in [0.1, 0.15) is 69.7 Å². The van der Waals surface area contributed by atoms with Gasteiger partial charge in [0.2, 0.25) is 5.91 Å². The molecule has 42 heavy (non-hydrogen) atoms. The number of ether oxygens (including phenoxy) is 1. The molecule has 0 bridgehead atoms. The summed E-state index contributed by atoms with van der Waals surface area (Å²) in [5.74, 6) is 0.0954. The van der Waals surface area contributed by atoms with Crippen molar-refractivity contribution in [3.63, 3.8) is 0 Å². The second kappa shape index (κ2) is 12.9. The molecule has 10 heteroatoms. The maximum atomic E-state index is 13.7. The number of likely N-dealkylation sites (tertiary alicyclic amines) is 1. The Labute approximate surface area is 246 Å². The van der Waals surface area contributed by atoms with Crippen molar-refractivity contribution in [1.82, 2.24) is 14.7 Å². The number of nitrogens with zero attached hydrogens (tertiary/aromatic N) is 3. The van der Waals surface area contributed by atoms with Gasteiger partial charge in [0, 0.05) is 45.2 Å². The van der Waals surface area contributed by atoms with Crippen LogP contribution in [0.4, 0.5) is 18.0 Å². The number of rotatable bonds is 7. The maximum absolute atomic E-state index is 13.7. The van der Waals surface area contributed by atoms with Crippen molar-refractivity contribution in [3.05, 3.63) is 65.2 Å². The third-order valence-corrected chi connectivity index (χ3v) is 8.65. The third-order valence-electron chi connectivity index (χ3n) is 8.65. The number of carbonyl (C=O) groups excluding carboxylic acids is 2. The van der Waals surface area contributed by atoms with E-state index in [4.69, 9.17) is 5.73 Å². The van der Waals surface area contributed by atoms with Crippen molar-refractivity contribution >= 4 is 11.9 Å². The lowest BCUT2D eigenvalue weighted by Crippen LogP contribution is -2.60. The third kappa shape index (κ3) is 7.76. The molecule has 0 spiro atoms. The molecule has 2 aromatic rings. The number of urea groups is 1. The van der Waals surface area contributed by atoms with Crippen molar-refractivity contribution in [2.75, 3.05) is 32.7 Å². The van der Waals surface area contributed by atoms with Crippen LogP contribution in [0.25, 0.3) is 0 Å². The largest absolute Gasteiger partial charge is 0.573 e. The Hall–Kier alpha value is -3.27. The Kier molecular flexibility index (Phi) is 9.75. The minimum Gasteiger partial charge on any atom is -0.406 e. The number of halogens is 3. The van der Waals surface area contributed by atoms with E-state index in [-0.39, 0.29) is 35.1 Å². The number of hydrogen-bond donors (Lipinski definition) is 1. The van der Waals surface area contributed by atoms with Gasteiger partial charge in [0.25, 0.3) is 0 Å². The van der Waals surface area contributed by atoms with Crippen molar-refractivity contribution < 1.29 is 27.5 Å². The number of aryl methyl sites for hydroxylation is 1. The first kappa shape index (κ1) is 31.7. The first-order valence-corrected chi connectivity index (χ1v) is 14.8. The van der Waals surface area contributed by atoms with Crippen LogP contribution in [-0.4, -0.2) is 71.8 Å². The fraction of sp³-hybridized carbons (Fsp3) is 0.562. The van der Waals surface area contributed by atoms with E-state index in [1.54, 1.807) is 17.0 Å². The normalized spacial score (nSPS) is 19.9. The van der Waals surface area contributed by atoms with Crippen LogP contribution < -0.4 is 10.5 Å². The van der Waals surface area contributed by atoms with Gasteiger partial charge in [-0.15, -0.1) is 13.2 Å². The zero-order valence-electron chi connectivity index (χ0n) is 25.0. The molecular weight excluding hydrogens is 545 g/mol. The quantitative estimate of drug-likeness (QED) is 0.432. The smallest absolute Gasteiger partial charge is 0.406 e. The fourth-order valence-corrected chi connectivity index (χ4v) is 6.36. The summed E-state index contributed by atoms with van der Waals surface area (Å²) in [6.45, 7) is 11.5. The highest BCUT2D eigenvalue weighted by molar-refractivity contribution is 5.77. The molecule has 2 aromatic carbocycles. The number of alkyl halides is 3. The lowest BCUT2D eigenvalue weighted by atomic mass is 9.82. The molecule has 2 aliphatic rings.